The van der Waals surface area contributed by atoms with Gasteiger partial charge in [-0.1, -0.05) is 40.0 Å². The molecule has 0 fully saturated rings. The minimum atomic E-state index is -3.00. The third-order valence-electron chi connectivity index (χ3n) is 6.84. The van der Waals surface area contributed by atoms with Crippen molar-refractivity contribution in [2.45, 2.75) is 72.3 Å². The first-order chi connectivity index (χ1) is 17.6. The van der Waals surface area contributed by atoms with Crippen molar-refractivity contribution >= 4 is 32.3 Å². The van der Waals surface area contributed by atoms with Crippen molar-refractivity contribution in [3.05, 3.63) is 59.4 Å². The van der Waals surface area contributed by atoms with Gasteiger partial charge in [-0.25, -0.2) is 8.42 Å². The van der Waals surface area contributed by atoms with E-state index in [2.05, 4.69) is 26.1 Å². The maximum absolute atomic E-state index is 12.0. The number of nitrogens with one attached hydrogen (secondary N) is 1. The Balaban J connectivity index is 1.85. The Morgan fingerprint density at radius 3 is 2.43 bits per heavy atom. The molecule has 2 aromatic carbocycles. The molecule has 1 heterocycles. The second kappa shape index (κ2) is 13.1. The number of furan rings is 1. The van der Waals surface area contributed by atoms with Crippen LogP contribution in [0.3, 0.4) is 0 Å². The first-order valence-corrected chi connectivity index (χ1v) is 15.4. The number of hydrogen-bond donors (Lipinski definition) is 1. The highest BCUT2D eigenvalue weighted by Gasteiger charge is 2.26. The zero-order valence-corrected chi connectivity index (χ0v) is 23.6. The molecule has 2 atom stereocenters. The lowest BCUT2D eigenvalue weighted by atomic mass is 9.91. The predicted octanol–water partition coefficient (Wildman–Crippen LogP) is 7.52. The number of carbonyl (C=O) groups excluding carboxylic acids is 1. The van der Waals surface area contributed by atoms with Gasteiger partial charge >= 0.3 is 0 Å². The van der Waals surface area contributed by atoms with Crippen molar-refractivity contribution in [2.75, 3.05) is 23.9 Å². The topological polar surface area (TPSA) is 85.6 Å². The minimum absolute atomic E-state index is 0.0314. The number of anilines is 1. The van der Waals surface area contributed by atoms with Crippen LogP contribution in [0.2, 0.25) is 0 Å². The van der Waals surface area contributed by atoms with Gasteiger partial charge in [-0.15, -0.1) is 0 Å². The van der Waals surface area contributed by atoms with Crippen molar-refractivity contribution in [2.24, 2.45) is 5.92 Å². The van der Waals surface area contributed by atoms with E-state index in [-0.39, 0.29) is 17.6 Å². The number of ether oxygens (including phenoxy) is 1. The van der Waals surface area contributed by atoms with Crippen LogP contribution in [0.25, 0.3) is 11.0 Å². The van der Waals surface area contributed by atoms with Crippen molar-refractivity contribution in [1.82, 2.24) is 0 Å². The zero-order chi connectivity index (χ0) is 27.0. The quantitative estimate of drug-likeness (QED) is 0.162. The van der Waals surface area contributed by atoms with E-state index in [1.165, 1.54) is 19.1 Å². The molecular formula is C30H41NO5S. The number of Topliss-reactive ketones (excluding diaryl/α,β-unsaturated/α-hetero) is 1. The number of benzene rings is 2. The summed E-state index contributed by atoms with van der Waals surface area (Å²) in [6, 6.07) is 13.4. The summed E-state index contributed by atoms with van der Waals surface area (Å²) in [7, 11) is -3.00. The first kappa shape index (κ1) is 28.8. The summed E-state index contributed by atoms with van der Waals surface area (Å²) in [6.07, 6.45) is 6.79. The van der Waals surface area contributed by atoms with Crippen LogP contribution >= 0.6 is 0 Å². The number of ketones is 1. The molecule has 2 unspecified atom stereocenters. The second-order valence-electron chi connectivity index (χ2n) is 10.0. The SMILES string of the molecule is CCCCCC(C)C(Nc1ccc(C(=O)CC)cc1)c1oc2ccc(OCCCS(C)(=O)=O)cc2c1C. The van der Waals surface area contributed by atoms with Crippen molar-refractivity contribution in [3.63, 3.8) is 0 Å². The predicted molar refractivity (Wildman–Crippen MR) is 152 cm³/mol. The second-order valence-corrected chi connectivity index (χ2v) is 12.3. The van der Waals surface area contributed by atoms with E-state index in [9.17, 15) is 13.2 Å². The number of rotatable bonds is 15. The van der Waals surface area contributed by atoms with Crippen LogP contribution in [-0.2, 0) is 9.84 Å². The Morgan fingerprint density at radius 1 is 1.05 bits per heavy atom. The zero-order valence-electron chi connectivity index (χ0n) is 22.8. The van der Waals surface area contributed by atoms with E-state index < -0.39 is 9.84 Å². The average Bonchev–Trinajstić information content (AvgIpc) is 3.20. The maximum atomic E-state index is 12.0. The van der Waals surface area contributed by atoms with Gasteiger partial charge in [-0.3, -0.25) is 4.79 Å². The highest BCUT2D eigenvalue weighted by molar-refractivity contribution is 7.90. The highest BCUT2D eigenvalue weighted by Crippen LogP contribution is 2.38. The fourth-order valence-corrected chi connectivity index (χ4v) is 5.24. The van der Waals surface area contributed by atoms with Gasteiger partial charge in [0.25, 0.3) is 0 Å². The Labute approximate surface area is 221 Å². The van der Waals surface area contributed by atoms with Crippen LogP contribution in [0.1, 0.15) is 87.0 Å². The molecule has 0 amide bonds. The Bertz CT molecular complexity index is 1280. The number of fused-ring (bicyclic) bond motifs is 1. The summed E-state index contributed by atoms with van der Waals surface area (Å²) in [5.74, 6) is 2.18. The summed E-state index contributed by atoms with van der Waals surface area (Å²) in [5, 5.41) is 4.68. The van der Waals surface area contributed by atoms with Crippen LogP contribution in [0, 0.1) is 12.8 Å². The molecule has 1 aromatic heterocycles. The molecular weight excluding hydrogens is 486 g/mol. The summed E-state index contributed by atoms with van der Waals surface area (Å²) in [6.45, 7) is 8.76. The molecule has 1 N–H and O–H groups in total. The van der Waals surface area contributed by atoms with Gasteiger partial charge in [0.15, 0.2) is 5.78 Å². The van der Waals surface area contributed by atoms with Crippen molar-refractivity contribution in [1.29, 1.82) is 0 Å². The summed E-state index contributed by atoms with van der Waals surface area (Å²) < 4.78 is 35.0. The number of hydrogen-bond acceptors (Lipinski definition) is 6. The van der Waals surface area contributed by atoms with Gasteiger partial charge in [-0.2, -0.15) is 0 Å². The van der Waals surface area contributed by atoms with Crippen LogP contribution in [-0.4, -0.2) is 32.8 Å². The van der Waals surface area contributed by atoms with E-state index in [1.807, 2.05) is 49.4 Å². The van der Waals surface area contributed by atoms with Gasteiger partial charge in [0.2, 0.25) is 0 Å². The van der Waals surface area contributed by atoms with E-state index in [0.29, 0.717) is 31.1 Å². The molecule has 6 nitrogen and oxygen atoms in total. The molecule has 3 aromatic rings. The van der Waals surface area contributed by atoms with Crippen LogP contribution in [0.5, 0.6) is 5.75 Å². The fourth-order valence-electron chi connectivity index (χ4n) is 4.60. The molecule has 37 heavy (non-hydrogen) atoms. The minimum Gasteiger partial charge on any atom is -0.494 e. The van der Waals surface area contributed by atoms with Crippen molar-refractivity contribution < 1.29 is 22.4 Å². The molecule has 7 heteroatoms. The molecule has 0 aliphatic rings. The highest BCUT2D eigenvalue weighted by atomic mass is 32.2. The lowest BCUT2D eigenvalue weighted by Gasteiger charge is -2.25. The summed E-state index contributed by atoms with van der Waals surface area (Å²) >= 11 is 0. The van der Waals surface area contributed by atoms with Gasteiger partial charge < -0.3 is 14.5 Å². The van der Waals surface area contributed by atoms with Gasteiger partial charge in [0, 0.05) is 34.9 Å². The summed E-state index contributed by atoms with van der Waals surface area (Å²) in [4.78, 5) is 12.0. The molecule has 0 radical (unpaired) electrons. The normalized spacial score (nSPS) is 13.4. The number of carbonyl (C=O) groups is 1. The van der Waals surface area contributed by atoms with E-state index in [4.69, 9.17) is 9.15 Å². The van der Waals surface area contributed by atoms with Crippen molar-refractivity contribution in [3.8, 4) is 5.75 Å². The lowest BCUT2D eigenvalue weighted by Crippen LogP contribution is -2.19. The third-order valence-corrected chi connectivity index (χ3v) is 7.87. The van der Waals surface area contributed by atoms with Gasteiger partial charge in [-0.05, 0) is 68.1 Å². The molecule has 3 rings (SSSR count). The molecule has 0 saturated carbocycles. The summed E-state index contributed by atoms with van der Waals surface area (Å²) in [5.41, 5.74) is 3.54. The Morgan fingerprint density at radius 2 is 1.78 bits per heavy atom. The molecule has 0 spiro atoms. The largest absolute Gasteiger partial charge is 0.494 e. The molecule has 0 aliphatic carbocycles. The first-order valence-electron chi connectivity index (χ1n) is 13.4. The van der Waals surface area contributed by atoms with Gasteiger partial charge in [0.05, 0.1) is 18.4 Å². The smallest absolute Gasteiger partial charge is 0.162 e. The Hall–Kier alpha value is -2.80. The van der Waals surface area contributed by atoms with E-state index in [0.717, 1.165) is 46.4 Å². The van der Waals surface area contributed by atoms with Crippen LogP contribution < -0.4 is 10.1 Å². The number of unbranched alkanes of at least 4 members (excludes halogenated alkanes) is 2. The molecule has 0 bridgehead atoms. The standard InChI is InChI=1S/C30H41NO5S/c1-6-8-9-11-21(3)29(31-24-14-12-23(13-15-24)27(32)7-2)30-22(4)26-20-25(16-17-28(26)36-30)35-18-10-19-37(5,33)34/h12-17,20-21,29,31H,6-11,18-19H2,1-5H3. The maximum Gasteiger partial charge on any atom is 0.162 e. The molecule has 0 aliphatic heterocycles. The number of aryl methyl sites for hydroxylation is 1. The monoisotopic (exact) mass is 527 g/mol. The van der Waals surface area contributed by atoms with Crippen LogP contribution in [0.15, 0.2) is 46.9 Å². The van der Waals surface area contributed by atoms with E-state index >= 15 is 0 Å². The average molecular weight is 528 g/mol. The number of sulfone groups is 1. The molecule has 0 saturated heterocycles. The van der Waals surface area contributed by atoms with Gasteiger partial charge in [0.1, 0.15) is 26.9 Å². The molecule has 202 valence electrons. The van der Waals surface area contributed by atoms with Crippen LogP contribution in [0.4, 0.5) is 5.69 Å². The third kappa shape index (κ3) is 8.09. The lowest BCUT2D eigenvalue weighted by molar-refractivity contribution is 0.0988. The Kier molecular flexibility index (Phi) is 10.2. The van der Waals surface area contributed by atoms with E-state index in [1.54, 1.807) is 0 Å². The fraction of sp³-hybridized carbons (Fsp3) is 0.500.